The number of aryl methyl sites for hydroxylation is 4. The second-order valence-corrected chi connectivity index (χ2v) is 19.4. The van der Waals surface area contributed by atoms with Crippen LogP contribution in [0.1, 0.15) is 46.2 Å². The number of hydrogen-bond acceptors (Lipinski definition) is 10. The fourth-order valence-corrected chi connectivity index (χ4v) is 8.50. The molecule has 18 heteroatoms. The van der Waals surface area contributed by atoms with E-state index in [1.165, 1.54) is 6.07 Å². The Labute approximate surface area is 437 Å². The van der Waals surface area contributed by atoms with Crippen molar-refractivity contribution in [2.24, 2.45) is 0 Å². The van der Waals surface area contributed by atoms with Crippen LogP contribution in [0.5, 0.6) is 0 Å². The largest absolute Gasteiger partial charge is 0.488 e. The number of anilines is 2. The second kappa shape index (κ2) is 25.2. The highest BCUT2D eigenvalue weighted by atomic mass is 79.9. The molecule has 6 aromatic carbocycles. The van der Waals surface area contributed by atoms with Crippen LogP contribution >= 0.6 is 15.9 Å². The van der Waals surface area contributed by atoms with Crippen LogP contribution in [-0.2, 0) is 12.4 Å². The third kappa shape index (κ3) is 15.3. The zero-order valence-electron chi connectivity index (χ0n) is 42.6. The molecule has 0 unspecified atom stereocenters. The van der Waals surface area contributed by atoms with Gasteiger partial charge < -0.3 is 30.5 Å². The number of nitrogens with zero attached hydrogens (tertiary/aromatic N) is 6. The van der Waals surface area contributed by atoms with E-state index in [2.05, 4.69) is 46.3 Å². The Morgan fingerprint density at radius 1 is 0.500 bits per heavy atom. The summed E-state index contributed by atoms with van der Waals surface area (Å²) in [6, 6.07) is 33.5. The van der Waals surface area contributed by atoms with Crippen molar-refractivity contribution in [3.8, 4) is 33.9 Å². The zero-order valence-corrected chi connectivity index (χ0v) is 44.2. The minimum Gasteiger partial charge on any atom is -0.423 e. The number of fused-ring (bicyclic) bond motifs is 2. The van der Waals surface area contributed by atoms with Crippen molar-refractivity contribution in [1.82, 2.24) is 29.7 Å². The zero-order chi connectivity index (χ0) is 53.9. The smallest absolute Gasteiger partial charge is 0.423 e. The number of hydrogen-bond donors (Lipinski definition) is 4. The van der Waals surface area contributed by atoms with Gasteiger partial charge in [0.2, 0.25) is 0 Å². The van der Waals surface area contributed by atoms with E-state index in [9.17, 15) is 26.3 Å². The minimum atomic E-state index is -4.49. The molecule has 0 amide bonds. The minimum absolute atomic E-state index is 0.262. The van der Waals surface area contributed by atoms with Gasteiger partial charge in [-0.15, -0.1) is 0 Å². The first-order chi connectivity index (χ1) is 35.0. The fourth-order valence-electron chi connectivity index (χ4n) is 8.01. The maximum atomic E-state index is 13.8. The monoisotopic (exact) mass is 1080 g/mol. The number of nitrogens with one attached hydrogen (secondary N) is 2. The first kappa shape index (κ1) is 56.9. The standard InChI is InChI=1S/C28H29F3N4.C22H24BrF3N4.C6H7BO2/c1-18-11-12-19(2)25-24(18)27(32-13-8-14-35(3)4)34-26(33-25)22-15-21(20-9-6-5-7-10-20)16-23(17-22)28(29,30)31;1-13-6-7-14(2)19-18(13)21(27-8-5-9-30(3)4)29-20(28-19)15-10-16(22(24,25)26)12-17(23)11-15;8-7(9)6-4-2-1-3-5-6/h5-7,9-12,15-17H,8,13-14H2,1-4H3,(H,32,33,34);6-7,10-12H,5,8-9H2,1-4H3,(H,27,28,29);1-5,8-9H. The summed E-state index contributed by atoms with van der Waals surface area (Å²) < 4.78 is 81.8. The summed E-state index contributed by atoms with van der Waals surface area (Å²) in [4.78, 5) is 23.0. The van der Waals surface area contributed by atoms with E-state index in [1.54, 1.807) is 48.5 Å². The Morgan fingerprint density at radius 3 is 1.32 bits per heavy atom. The molecule has 0 radical (unpaired) electrons. The Kier molecular flexibility index (Phi) is 19.4. The summed E-state index contributed by atoms with van der Waals surface area (Å²) in [5.41, 5.74) is 6.29. The van der Waals surface area contributed by atoms with Crippen molar-refractivity contribution < 1.29 is 36.4 Å². The maximum absolute atomic E-state index is 13.8. The molecule has 10 nitrogen and oxygen atoms in total. The number of rotatable bonds is 14. The predicted octanol–water partition coefficient (Wildman–Crippen LogP) is 12.4. The summed E-state index contributed by atoms with van der Waals surface area (Å²) in [5, 5.41) is 25.7. The van der Waals surface area contributed by atoms with Gasteiger partial charge in [0.1, 0.15) is 11.6 Å². The normalized spacial score (nSPS) is 11.6. The molecule has 0 aliphatic rings. The SMILES string of the molecule is Cc1ccc(C)c2c(NCCCN(C)C)nc(-c3cc(-c4ccccc4)cc(C(F)(F)F)c3)nc12.Cc1ccc(C)c2c(NCCCN(C)C)nc(-c3cc(Br)cc(C(F)(F)F)c3)nc12.OB(O)c1ccccc1. The van der Waals surface area contributed by atoms with Gasteiger partial charge in [-0.3, -0.25) is 0 Å². The lowest BCUT2D eigenvalue weighted by Crippen LogP contribution is -2.29. The molecular formula is C56H60BBrF6N8O2. The molecule has 74 heavy (non-hydrogen) atoms. The van der Waals surface area contributed by atoms with Gasteiger partial charge in [0.25, 0.3) is 0 Å². The highest BCUT2D eigenvalue weighted by Crippen LogP contribution is 2.39. The first-order valence-electron chi connectivity index (χ1n) is 23.9. The molecule has 0 aliphatic heterocycles. The molecule has 8 rings (SSSR count). The molecule has 0 spiro atoms. The summed E-state index contributed by atoms with van der Waals surface area (Å²) in [7, 11) is 6.72. The lowest BCUT2D eigenvalue weighted by molar-refractivity contribution is -0.138. The van der Waals surface area contributed by atoms with Gasteiger partial charge in [-0.25, -0.2) is 19.9 Å². The Hall–Kier alpha value is -6.44. The molecule has 2 heterocycles. The van der Waals surface area contributed by atoms with E-state index >= 15 is 0 Å². The van der Waals surface area contributed by atoms with E-state index in [0.29, 0.717) is 56.9 Å². The van der Waals surface area contributed by atoms with Gasteiger partial charge in [-0.05, 0) is 157 Å². The molecule has 8 aromatic rings. The van der Waals surface area contributed by atoms with Gasteiger partial charge in [-0.1, -0.05) is 101 Å². The van der Waals surface area contributed by atoms with Crippen LogP contribution in [0.3, 0.4) is 0 Å². The van der Waals surface area contributed by atoms with E-state index < -0.39 is 30.6 Å². The number of benzene rings is 6. The Morgan fingerprint density at radius 2 is 0.905 bits per heavy atom. The lowest BCUT2D eigenvalue weighted by Gasteiger charge is -2.16. The number of aromatic nitrogens is 4. The topological polar surface area (TPSA) is 123 Å². The summed E-state index contributed by atoms with van der Waals surface area (Å²) in [6.07, 6.45) is -7.13. The molecule has 0 fully saturated rings. The van der Waals surface area contributed by atoms with Crippen LogP contribution in [0, 0.1) is 27.7 Å². The molecule has 388 valence electrons. The van der Waals surface area contributed by atoms with Crippen LogP contribution in [-0.4, -0.2) is 101 Å². The fraction of sp³-hybridized carbons (Fsp3) is 0.286. The van der Waals surface area contributed by atoms with Crippen LogP contribution < -0.4 is 16.1 Å². The summed E-state index contributed by atoms with van der Waals surface area (Å²) in [6.45, 7) is 11.1. The predicted molar refractivity (Wildman–Crippen MR) is 292 cm³/mol. The second-order valence-electron chi connectivity index (χ2n) is 18.5. The third-order valence-corrected chi connectivity index (χ3v) is 12.3. The van der Waals surface area contributed by atoms with Crippen molar-refractivity contribution in [2.45, 2.75) is 52.9 Å². The molecule has 0 saturated carbocycles. The highest BCUT2D eigenvalue weighted by molar-refractivity contribution is 9.10. The molecule has 0 aliphatic carbocycles. The maximum Gasteiger partial charge on any atom is 0.488 e. The molecule has 0 saturated heterocycles. The average Bonchev–Trinajstić information content (AvgIpc) is 3.36. The van der Waals surface area contributed by atoms with Crippen molar-refractivity contribution >= 4 is 62.0 Å². The molecule has 0 atom stereocenters. The summed E-state index contributed by atoms with van der Waals surface area (Å²) >= 11 is 3.19. The van der Waals surface area contributed by atoms with Crippen LogP contribution in [0.15, 0.2) is 126 Å². The van der Waals surface area contributed by atoms with Gasteiger partial charge in [0, 0.05) is 39.5 Å². The summed E-state index contributed by atoms with van der Waals surface area (Å²) in [5.74, 6) is 1.81. The van der Waals surface area contributed by atoms with Gasteiger partial charge in [0.15, 0.2) is 11.6 Å². The first-order valence-corrected chi connectivity index (χ1v) is 24.7. The third-order valence-electron chi connectivity index (χ3n) is 11.9. The van der Waals surface area contributed by atoms with E-state index in [1.807, 2.05) is 104 Å². The van der Waals surface area contributed by atoms with Crippen LogP contribution in [0.4, 0.5) is 38.0 Å². The average molecular weight is 1080 g/mol. The Balaban J connectivity index is 0.000000208. The van der Waals surface area contributed by atoms with Crippen molar-refractivity contribution in [3.63, 3.8) is 0 Å². The van der Waals surface area contributed by atoms with Crippen molar-refractivity contribution in [3.05, 3.63) is 159 Å². The number of halogens is 7. The highest BCUT2D eigenvalue weighted by Gasteiger charge is 2.33. The van der Waals surface area contributed by atoms with Crippen LogP contribution in [0.2, 0.25) is 0 Å². The number of alkyl halides is 6. The van der Waals surface area contributed by atoms with Crippen molar-refractivity contribution in [1.29, 1.82) is 0 Å². The van der Waals surface area contributed by atoms with Crippen LogP contribution in [0.25, 0.3) is 55.7 Å². The van der Waals surface area contributed by atoms with Gasteiger partial charge in [-0.2, -0.15) is 26.3 Å². The quantitative estimate of drug-likeness (QED) is 0.0476. The molecule has 2 aromatic heterocycles. The van der Waals surface area contributed by atoms with E-state index in [4.69, 9.17) is 20.0 Å². The van der Waals surface area contributed by atoms with Crippen molar-refractivity contribution in [2.75, 3.05) is 65.0 Å². The molecule has 0 bridgehead atoms. The lowest BCUT2D eigenvalue weighted by atomic mass is 9.81. The van der Waals surface area contributed by atoms with E-state index in [0.717, 1.165) is 88.2 Å². The molecular weight excluding hydrogens is 1020 g/mol. The van der Waals surface area contributed by atoms with Gasteiger partial charge in [0.05, 0.1) is 22.2 Å². The van der Waals surface area contributed by atoms with Gasteiger partial charge >= 0.3 is 19.5 Å². The van der Waals surface area contributed by atoms with E-state index in [-0.39, 0.29) is 11.6 Å². The molecule has 4 N–H and O–H groups in total. The Bertz CT molecular complexity index is 3160.